The molecule has 11 heteroatoms. The van der Waals surface area contributed by atoms with Gasteiger partial charge in [-0.2, -0.15) is 18.3 Å². The van der Waals surface area contributed by atoms with Crippen LogP contribution in [0.4, 0.5) is 18.9 Å². The Morgan fingerprint density at radius 3 is 2.53 bits per heavy atom. The molecule has 1 amide bonds. The molecule has 5 nitrogen and oxygen atoms in total. The molecule has 184 valence electrons. The smallest absolute Gasteiger partial charge is 0.321 e. The topological polar surface area (TPSA) is 64.0 Å². The van der Waals surface area contributed by atoms with E-state index in [1.807, 2.05) is 0 Å². The number of benzene rings is 3. The Bertz CT molecular complexity index is 1470. The highest BCUT2D eigenvalue weighted by atomic mass is 79.9. The number of hydrogen-bond acceptors (Lipinski definition) is 3. The van der Waals surface area contributed by atoms with Crippen LogP contribution in [0.15, 0.2) is 77.5 Å². The van der Waals surface area contributed by atoms with Crippen molar-refractivity contribution in [3.8, 4) is 5.69 Å². The number of rotatable bonds is 6. The van der Waals surface area contributed by atoms with E-state index in [0.29, 0.717) is 10.0 Å². The first-order chi connectivity index (χ1) is 17.1. The van der Waals surface area contributed by atoms with Crippen LogP contribution in [0.2, 0.25) is 5.02 Å². The van der Waals surface area contributed by atoms with Crippen molar-refractivity contribution < 1.29 is 22.8 Å². The van der Waals surface area contributed by atoms with E-state index in [4.69, 9.17) is 23.2 Å². The fraction of sp³-hybridized carbons (Fsp3) is 0.0800. The highest BCUT2D eigenvalue weighted by Gasteiger charge is 2.33. The monoisotopic (exact) mass is 595 g/mol. The Labute approximate surface area is 222 Å². The Morgan fingerprint density at radius 1 is 1.03 bits per heavy atom. The van der Waals surface area contributed by atoms with Crippen molar-refractivity contribution in [3.63, 3.8) is 0 Å². The zero-order valence-electron chi connectivity index (χ0n) is 18.1. The molecule has 4 rings (SSSR count). The van der Waals surface area contributed by atoms with Crippen LogP contribution < -0.4 is 5.32 Å². The zero-order valence-corrected chi connectivity index (χ0v) is 21.2. The predicted molar refractivity (Wildman–Crippen MR) is 135 cm³/mol. The number of hydrogen-bond donors (Lipinski definition) is 1. The van der Waals surface area contributed by atoms with Gasteiger partial charge in [0.1, 0.15) is 0 Å². The summed E-state index contributed by atoms with van der Waals surface area (Å²) in [6, 6.07) is 14.9. The molecule has 0 bridgehead atoms. The summed E-state index contributed by atoms with van der Waals surface area (Å²) in [7, 11) is 0. The molecule has 0 spiro atoms. The van der Waals surface area contributed by atoms with Crippen LogP contribution in [0.5, 0.6) is 0 Å². The lowest BCUT2D eigenvalue weighted by Gasteiger charge is -2.11. The van der Waals surface area contributed by atoms with Gasteiger partial charge in [-0.05, 0) is 54.1 Å². The Morgan fingerprint density at radius 2 is 1.81 bits per heavy atom. The number of alkyl halides is 4. The van der Waals surface area contributed by atoms with Gasteiger partial charge in [-0.1, -0.05) is 39.7 Å². The molecule has 1 aromatic heterocycles. The minimum absolute atomic E-state index is 0.0766. The second kappa shape index (κ2) is 10.5. The number of nitrogens with one attached hydrogen (secondary N) is 1. The summed E-state index contributed by atoms with van der Waals surface area (Å²) >= 11 is 14.9. The summed E-state index contributed by atoms with van der Waals surface area (Å²) in [6.45, 7) is 0. The first-order valence-electron chi connectivity index (χ1n) is 10.3. The van der Waals surface area contributed by atoms with E-state index in [9.17, 15) is 22.8 Å². The van der Waals surface area contributed by atoms with Gasteiger partial charge in [0.15, 0.2) is 5.78 Å². The molecular weight excluding hydrogens is 582 g/mol. The van der Waals surface area contributed by atoms with Gasteiger partial charge in [-0.15, -0.1) is 11.6 Å². The van der Waals surface area contributed by atoms with Crippen molar-refractivity contribution >= 4 is 56.5 Å². The minimum Gasteiger partial charge on any atom is -0.321 e. The highest BCUT2D eigenvalue weighted by molar-refractivity contribution is 9.10. The maximum Gasteiger partial charge on any atom is 0.417 e. The lowest BCUT2D eigenvalue weighted by Crippen LogP contribution is -2.15. The Balaban J connectivity index is 1.64. The van der Waals surface area contributed by atoms with Crippen LogP contribution in [0.3, 0.4) is 0 Å². The number of carbonyl (C=O) groups excluding carboxylic acids is 2. The molecule has 1 heterocycles. The van der Waals surface area contributed by atoms with E-state index >= 15 is 0 Å². The van der Waals surface area contributed by atoms with Gasteiger partial charge in [0.05, 0.1) is 33.7 Å². The zero-order chi connectivity index (χ0) is 26.0. The number of carbonyl (C=O) groups is 2. The van der Waals surface area contributed by atoms with E-state index in [-0.39, 0.29) is 28.4 Å². The Kier molecular flexibility index (Phi) is 7.54. The van der Waals surface area contributed by atoms with E-state index < -0.39 is 28.5 Å². The lowest BCUT2D eigenvalue weighted by atomic mass is 10.0. The second-order valence-electron chi connectivity index (χ2n) is 7.64. The van der Waals surface area contributed by atoms with E-state index in [1.165, 1.54) is 24.5 Å². The van der Waals surface area contributed by atoms with Crippen LogP contribution in [0.25, 0.3) is 5.69 Å². The molecule has 0 unspecified atom stereocenters. The van der Waals surface area contributed by atoms with Gasteiger partial charge in [0.2, 0.25) is 0 Å². The van der Waals surface area contributed by atoms with Gasteiger partial charge in [0.25, 0.3) is 5.91 Å². The summed E-state index contributed by atoms with van der Waals surface area (Å²) in [5, 5.41) is 6.33. The molecule has 0 fully saturated rings. The van der Waals surface area contributed by atoms with Crippen molar-refractivity contribution in [2.24, 2.45) is 0 Å². The molecule has 36 heavy (non-hydrogen) atoms. The molecule has 0 aliphatic rings. The molecule has 0 saturated carbocycles. The molecule has 1 N–H and O–H groups in total. The number of halogens is 6. The van der Waals surface area contributed by atoms with Gasteiger partial charge in [-0.3, -0.25) is 9.59 Å². The second-order valence-corrected chi connectivity index (χ2v) is 9.23. The molecular formula is C25H15BrCl2F3N3O2. The largest absolute Gasteiger partial charge is 0.417 e. The maximum atomic E-state index is 13.3. The number of nitrogens with zero attached hydrogens (tertiary/aromatic N) is 2. The van der Waals surface area contributed by atoms with Crippen LogP contribution in [0, 0.1) is 0 Å². The standard InChI is InChI=1S/C25H15BrCl2F3N3O2/c26-17-4-7-22(33-24(36)15-3-1-2-14(8-15)11-27)19(9-17)23(35)16-12-32-34(13-16)18-5-6-21(28)20(10-18)25(29,30)31/h1-10,12-13H,11H2,(H,33,36). The average Bonchev–Trinajstić information content (AvgIpc) is 3.34. The number of anilines is 1. The number of amides is 1. The van der Waals surface area contributed by atoms with Crippen LogP contribution in [-0.2, 0) is 12.1 Å². The first kappa shape index (κ1) is 25.9. The summed E-state index contributed by atoms with van der Waals surface area (Å²) in [4.78, 5) is 26.1. The van der Waals surface area contributed by atoms with E-state index in [1.54, 1.807) is 36.4 Å². The fourth-order valence-corrected chi connectivity index (χ4v) is 4.17. The third-order valence-electron chi connectivity index (χ3n) is 5.18. The van der Waals surface area contributed by atoms with Crippen LogP contribution in [0.1, 0.15) is 37.4 Å². The third kappa shape index (κ3) is 5.64. The maximum absolute atomic E-state index is 13.3. The highest BCUT2D eigenvalue weighted by Crippen LogP contribution is 2.36. The van der Waals surface area contributed by atoms with E-state index in [0.717, 1.165) is 22.4 Å². The molecule has 0 aliphatic carbocycles. The third-order valence-corrected chi connectivity index (χ3v) is 6.31. The SMILES string of the molecule is O=C(Nc1ccc(Br)cc1C(=O)c1cnn(-c2ccc(Cl)c(C(F)(F)F)c2)c1)c1cccc(CCl)c1. The molecule has 0 atom stereocenters. The van der Waals surface area contributed by atoms with Gasteiger partial charge < -0.3 is 5.32 Å². The minimum atomic E-state index is -4.65. The lowest BCUT2D eigenvalue weighted by molar-refractivity contribution is -0.137. The summed E-state index contributed by atoms with van der Waals surface area (Å²) < 4.78 is 41.4. The first-order valence-corrected chi connectivity index (χ1v) is 12.0. The number of aromatic nitrogens is 2. The summed E-state index contributed by atoms with van der Waals surface area (Å²) in [5.74, 6) is -0.683. The fourth-order valence-electron chi connectivity index (χ4n) is 3.41. The van der Waals surface area contributed by atoms with Gasteiger partial charge in [-0.25, -0.2) is 4.68 Å². The summed E-state index contributed by atoms with van der Waals surface area (Å²) in [6.07, 6.45) is -2.10. The van der Waals surface area contributed by atoms with Gasteiger partial charge >= 0.3 is 6.18 Å². The summed E-state index contributed by atoms with van der Waals surface area (Å²) in [5.41, 5.74) is 0.718. The van der Waals surface area contributed by atoms with Crippen LogP contribution >= 0.6 is 39.1 Å². The average molecular weight is 597 g/mol. The van der Waals surface area contributed by atoms with Gasteiger partial charge in [0, 0.05) is 27.7 Å². The van der Waals surface area contributed by atoms with Crippen molar-refractivity contribution in [2.45, 2.75) is 12.1 Å². The molecule has 4 aromatic rings. The van der Waals surface area contributed by atoms with Crippen molar-refractivity contribution in [2.75, 3.05) is 5.32 Å². The Hall–Kier alpha value is -3.14. The predicted octanol–water partition coefficient (Wildman–Crippen LogP) is 7.53. The van der Waals surface area contributed by atoms with Crippen molar-refractivity contribution in [1.82, 2.24) is 9.78 Å². The van der Waals surface area contributed by atoms with Crippen LogP contribution in [-0.4, -0.2) is 21.5 Å². The molecule has 0 saturated heterocycles. The van der Waals surface area contributed by atoms with Crippen molar-refractivity contribution in [1.29, 1.82) is 0 Å². The quantitative estimate of drug-likeness (QED) is 0.185. The van der Waals surface area contributed by atoms with E-state index in [2.05, 4.69) is 26.3 Å². The molecule has 0 radical (unpaired) electrons. The normalized spacial score (nSPS) is 11.4. The number of ketones is 1. The van der Waals surface area contributed by atoms with Crippen molar-refractivity contribution in [3.05, 3.63) is 110 Å². The molecule has 3 aromatic carbocycles. The molecule has 0 aliphatic heterocycles.